The van der Waals surface area contributed by atoms with Crippen molar-refractivity contribution in [2.24, 2.45) is 0 Å². The molecule has 1 fully saturated rings. The summed E-state index contributed by atoms with van der Waals surface area (Å²) >= 11 is 0. The Labute approximate surface area is 199 Å². The second-order valence-corrected chi connectivity index (χ2v) is 8.26. The first kappa shape index (κ1) is 23.5. The number of nitrogens with one attached hydrogen (secondary N) is 1. The molecule has 0 aliphatic carbocycles. The van der Waals surface area contributed by atoms with Gasteiger partial charge in [-0.3, -0.25) is 4.79 Å². The molecule has 0 bridgehead atoms. The van der Waals surface area contributed by atoms with Crippen molar-refractivity contribution in [3.05, 3.63) is 72.1 Å². The van der Waals surface area contributed by atoms with Crippen LogP contribution < -0.4 is 19.7 Å². The molecule has 0 saturated carbocycles. The van der Waals surface area contributed by atoms with Gasteiger partial charge in [-0.2, -0.15) is 0 Å². The molecule has 0 radical (unpaired) electrons. The highest BCUT2D eigenvalue weighted by Gasteiger charge is 2.23. The molecule has 1 saturated heterocycles. The summed E-state index contributed by atoms with van der Waals surface area (Å²) in [6.07, 6.45) is 3.57. The molecule has 1 amide bonds. The zero-order valence-electron chi connectivity index (χ0n) is 19.7. The van der Waals surface area contributed by atoms with Crippen molar-refractivity contribution >= 4 is 11.7 Å². The number of ether oxygens (including phenoxy) is 3. The molecule has 2 atom stereocenters. The topological polar surface area (TPSA) is 85.8 Å². The fourth-order valence-corrected chi connectivity index (χ4v) is 3.86. The van der Waals surface area contributed by atoms with E-state index in [-0.39, 0.29) is 18.1 Å². The van der Waals surface area contributed by atoms with Gasteiger partial charge in [-0.25, -0.2) is 9.97 Å². The van der Waals surface area contributed by atoms with Crippen LogP contribution in [0.2, 0.25) is 0 Å². The van der Waals surface area contributed by atoms with Crippen LogP contribution in [0.5, 0.6) is 17.4 Å². The molecule has 1 N–H and O–H groups in total. The summed E-state index contributed by atoms with van der Waals surface area (Å²) in [6.45, 7) is 8.58. The van der Waals surface area contributed by atoms with E-state index in [1.165, 1.54) is 0 Å². The zero-order valence-corrected chi connectivity index (χ0v) is 19.7. The molecule has 8 heteroatoms. The second kappa shape index (κ2) is 11.0. The van der Waals surface area contributed by atoms with Crippen LogP contribution in [0.1, 0.15) is 36.7 Å². The molecular weight excluding hydrogens is 432 g/mol. The van der Waals surface area contributed by atoms with Gasteiger partial charge in [0.15, 0.2) is 0 Å². The molecule has 1 aliphatic heterocycles. The van der Waals surface area contributed by atoms with Crippen molar-refractivity contribution in [1.29, 1.82) is 0 Å². The highest BCUT2D eigenvalue weighted by Crippen LogP contribution is 2.23. The Hall–Kier alpha value is -3.65. The Morgan fingerprint density at radius 1 is 1.06 bits per heavy atom. The summed E-state index contributed by atoms with van der Waals surface area (Å²) in [5, 5.41) is 2.93. The minimum Gasteiger partial charge on any atom is -0.494 e. The Morgan fingerprint density at radius 2 is 1.79 bits per heavy atom. The van der Waals surface area contributed by atoms with E-state index in [0.29, 0.717) is 30.3 Å². The SMILES string of the molecule is CCOc1ccc(Oc2cc(CNC(=O)c3ccc(N4C[C@@H](C)O[C@H](C)C4)nc3)ccn2)cc1. The standard InChI is InChI=1S/C26H30N4O4/c1-4-32-22-6-8-23(9-7-22)34-25-13-20(11-12-27-25)14-29-26(31)21-5-10-24(28-15-21)30-16-18(2)33-19(3)17-30/h5-13,15,18-19H,4,14,16-17H2,1-3H3,(H,29,31)/t18-,19-/m1/s1. The molecule has 1 aliphatic rings. The van der Waals surface area contributed by atoms with Gasteiger partial charge in [0.2, 0.25) is 5.88 Å². The number of aromatic nitrogens is 2. The molecule has 34 heavy (non-hydrogen) atoms. The van der Waals surface area contributed by atoms with Gasteiger partial charge >= 0.3 is 0 Å². The molecule has 2 aromatic heterocycles. The molecule has 3 aromatic rings. The van der Waals surface area contributed by atoms with Crippen molar-refractivity contribution in [3.8, 4) is 17.4 Å². The van der Waals surface area contributed by atoms with Gasteiger partial charge in [-0.15, -0.1) is 0 Å². The minimum atomic E-state index is -0.187. The molecule has 0 spiro atoms. The first-order chi connectivity index (χ1) is 16.5. The lowest BCUT2D eigenvalue weighted by molar-refractivity contribution is -0.00546. The number of pyridine rings is 2. The van der Waals surface area contributed by atoms with Gasteiger partial charge in [0.1, 0.15) is 17.3 Å². The summed E-state index contributed by atoms with van der Waals surface area (Å²) in [6, 6.07) is 14.7. The Balaban J connectivity index is 1.32. The lowest BCUT2D eigenvalue weighted by atomic mass is 10.2. The van der Waals surface area contributed by atoms with Gasteiger partial charge in [-0.05, 0) is 68.8 Å². The summed E-state index contributed by atoms with van der Waals surface area (Å²) in [4.78, 5) is 23.6. The number of carbonyl (C=O) groups is 1. The number of nitrogens with zero attached hydrogens (tertiary/aromatic N) is 3. The van der Waals surface area contributed by atoms with E-state index in [1.807, 2.05) is 43.3 Å². The third kappa shape index (κ3) is 6.23. The predicted octanol–water partition coefficient (Wildman–Crippen LogP) is 4.21. The molecule has 178 valence electrons. The lowest BCUT2D eigenvalue weighted by Gasteiger charge is -2.36. The summed E-state index contributed by atoms with van der Waals surface area (Å²) in [5.74, 6) is 2.57. The van der Waals surface area contributed by atoms with Crippen molar-refractivity contribution in [3.63, 3.8) is 0 Å². The van der Waals surface area contributed by atoms with Crippen molar-refractivity contribution in [2.75, 3.05) is 24.6 Å². The summed E-state index contributed by atoms with van der Waals surface area (Å²) in [5.41, 5.74) is 1.39. The number of benzene rings is 1. The van der Waals surface area contributed by atoms with Gasteiger partial charge in [0.05, 0.1) is 24.4 Å². The Morgan fingerprint density at radius 3 is 2.47 bits per heavy atom. The Kier molecular flexibility index (Phi) is 7.59. The number of hydrogen-bond acceptors (Lipinski definition) is 7. The third-order valence-electron chi connectivity index (χ3n) is 5.36. The average molecular weight is 463 g/mol. The van der Waals surface area contributed by atoms with Crippen molar-refractivity contribution in [1.82, 2.24) is 15.3 Å². The van der Waals surface area contributed by atoms with E-state index >= 15 is 0 Å². The van der Waals surface area contributed by atoms with Crippen LogP contribution in [0.25, 0.3) is 0 Å². The number of carbonyl (C=O) groups excluding carboxylic acids is 1. The highest BCUT2D eigenvalue weighted by atomic mass is 16.5. The summed E-state index contributed by atoms with van der Waals surface area (Å²) < 4.78 is 17.0. The fraction of sp³-hybridized carbons (Fsp3) is 0.346. The van der Waals surface area contributed by atoms with Crippen LogP contribution in [0.3, 0.4) is 0 Å². The zero-order chi connectivity index (χ0) is 23.9. The van der Waals surface area contributed by atoms with Crippen LogP contribution in [-0.2, 0) is 11.3 Å². The lowest BCUT2D eigenvalue weighted by Crippen LogP contribution is -2.45. The second-order valence-electron chi connectivity index (χ2n) is 8.26. The quantitative estimate of drug-likeness (QED) is 0.537. The van der Waals surface area contributed by atoms with Crippen molar-refractivity contribution in [2.45, 2.75) is 39.5 Å². The average Bonchev–Trinajstić information content (AvgIpc) is 2.84. The maximum absolute atomic E-state index is 12.6. The van der Waals surface area contributed by atoms with Crippen LogP contribution in [0.15, 0.2) is 60.9 Å². The normalized spacial score (nSPS) is 17.8. The monoisotopic (exact) mass is 462 g/mol. The van der Waals surface area contributed by atoms with E-state index in [2.05, 4.69) is 34.0 Å². The molecule has 0 unspecified atom stereocenters. The maximum atomic E-state index is 12.6. The van der Waals surface area contributed by atoms with E-state index in [9.17, 15) is 4.79 Å². The highest BCUT2D eigenvalue weighted by molar-refractivity contribution is 5.94. The molecule has 3 heterocycles. The van der Waals surface area contributed by atoms with Gasteiger partial charge in [0, 0.05) is 38.1 Å². The van der Waals surface area contributed by atoms with Crippen LogP contribution in [0, 0.1) is 0 Å². The summed E-state index contributed by atoms with van der Waals surface area (Å²) in [7, 11) is 0. The first-order valence-electron chi connectivity index (χ1n) is 11.5. The number of hydrogen-bond donors (Lipinski definition) is 1. The van der Waals surface area contributed by atoms with Crippen LogP contribution in [0.4, 0.5) is 5.82 Å². The fourth-order valence-electron chi connectivity index (χ4n) is 3.86. The number of morpholine rings is 1. The van der Waals surface area contributed by atoms with E-state index in [0.717, 1.165) is 30.2 Å². The molecule has 8 nitrogen and oxygen atoms in total. The predicted molar refractivity (Wildman–Crippen MR) is 130 cm³/mol. The smallest absolute Gasteiger partial charge is 0.253 e. The number of amides is 1. The number of rotatable bonds is 8. The van der Waals surface area contributed by atoms with E-state index in [1.54, 1.807) is 24.5 Å². The molecule has 1 aromatic carbocycles. The van der Waals surface area contributed by atoms with Crippen molar-refractivity contribution < 1.29 is 19.0 Å². The van der Waals surface area contributed by atoms with Crippen LogP contribution in [-0.4, -0.2) is 47.8 Å². The van der Waals surface area contributed by atoms with E-state index in [4.69, 9.17) is 14.2 Å². The number of anilines is 1. The Bertz CT molecular complexity index is 1080. The minimum absolute atomic E-state index is 0.150. The van der Waals surface area contributed by atoms with Gasteiger partial charge in [-0.1, -0.05) is 0 Å². The third-order valence-corrected chi connectivity index (χ3v) is 5.36. The van der Waals surface area contributed by atoms with Gasteiger partial charge in [0.25, 0.3) is 5.91 Å². The largest absolute Gasteiger partial charge is 0.494 e. The van der Waals surface area contributed by atoms with Gasteiger partial charge < -0.3 is 24.4 Å². The molecule has 4 rings (SSSR count). The van der Waals surface area contributed by atoms with E-state index < -0.39 is 0 Å². The first-order valence-corrected chi connectivity index (χ1v) is 11.5. The van der Waals surface area contributed by atoms with Crippen LogP contribution >= 0.6 is 0 Å². The molecular formula is C26H30N4O4. The maximum Gasteiger partial charge on any atom is 0.253 e.